The quantitative estimate of drug-likeness (QED) is 0.0644. The average molecular weight is 686 g/mol. The van der Waals surface area contributed by atoms with Gasteiger partial charge in [0.25, 0.3) is 0 Å². The molecule has 0 bridgehead atoms. The fourth-order valence-electron chi connectivity index (χ4n) is 3.79. The minimum atomic E-state index is -0.561. The van der Waals surface area contributed by atoms with Gasteiger partial charge in [-0.15, -0.1) is 0 Å². The lowest BCUT2D eigenvalue weighted by atomic mass is 10.2. The Bertz CT molecular complexity index is 1470. The van der Waals surface area contributed by atoms with Crippen molar-refractivity contribution in [2.45, 2.75) is 0 Å². The molecule has 3 aromatic carbocycles. The summed E-state index contributed by atoms with van der Waals surface area (Å²) < 4.78 is 36.8. The smallest absolute Gasteiger partial charge is 0.336 e. The average Bonchev–Trinajstić information content (AvgIpc) is 3.13. The minimum Gasteiger partial charge on any atom is -0.491 e. The van der Waals surface area contributed by atoms with E-state index in [1.807, 2.05) is 12.1 Å². The number of esters is 3. The highest BCUT2D eigenvalue weighted by molar-refractivity contribution is 6.02. The molecule has 0 saturated heterocycles. The van der Waals surface area contributed by atoms with Gasteiger partial charge in [-0.1, -0.05) is 37.4 Å². The van der Waals surface area contributed by atoms with Crippen LogP contribution in [0.3, 0.4) is 0 Å². The van der Waals surface area contributed by atoms with Gasteiger partial charge in [0, 0.05) is 30.0 Å². The number of carbonyl (C=O) groups is 4. The second-order valence-electron chi connectivity index (χ2n) is 9.90. The zero-order chi connectivity index (χ0) is 35.8. The number of carbonyl (C=O) groups excluding carboxylic acids is 4. The van der Waals surface area contributed by atoms with Crippen molar-refractivity contribution >= 4 is 41.7 Å². The predicted molar refractivity (Wildman–Crippen MR) is 187 cm³/mol. The topological polar surface area (TPSA) is 145 Å². The van der Waals surface area contributed by atoms with Gasteiger partial charge in [0.1, 0.15) is 43.7 Å². The van der Waals surface area contributed by atoms with E-state index >= 15 is 0 Å². The van der Waals surface area contributed by atoms with Crippen molar-refractivity contribution in [3.8, 4) is 17.2 Å². The van der Waals surface area contributed by atoms with Crippen LogP contribution in [0.15, 0.2) is 110 Å². The summed E-state index contributed by atoms with van der Waals surface area (Å²) in [6, 6.07) is 20.7. The van der Waals surface area contributed by atoms with Gasteiger partial charge in [0.15, 0.2) is 0 Å². The molecule has 0 radical (unpaired) electrons. The number of hydrogen-bond acceptors (Lipinski definition) is 11. The molecule has 0 atom stereocenters. The number of amides is 1. The van der Waals surface area contributed by atoms with E-state index in [1.54, 1.807) is 72.8 Å². The molecular formula is C38H39NO11. The molecule has 1 N–H and O–H groups in total. The van der Waals surface area contributed by atoms with Crippen LogP contribution >= 0.6 is 0 Å². The fraction of sp³-hybridized carbons (Fsp3) is 0.211. The van der Waals surface area contributed by atoms with E-state index in [1.165, 1.54) is 12.2 Å². The van der Waals surface area contributed by atoms with Crippen LogP contribution in [-0.4, -0.2) is 76.7 Å². The van der Waals surface area contributed by atoms with Gasteiger partial charge >= 0.3 is 17.9 Å². The van der Waals surface area contributed by atoms with Crippen molar-refractivity contribution < 1.29 is 52.3 Å². The molecule has 3 aromatic rings. The lowest BCUT2D eigenvalue weighted by Gasteiger charge is -2.08. The lowest BCUT2D eigenvalue weighted by Crippen LogP contribution is -2.12. The molecule has 1 amide bonds. The molecule has 0 spiro atoms. The van der Waals surface area contributed by atoms with Gasteiger partial charge in [-0.3, -0.25) is 4.79 Å². The first-order valence-corrected chi connectivity index (χ1v) is 15.5. The second kappa shape index (κ2) is 22.6. The zero-order valence-electron chi connectivity index (χ0n) is 27.5. The van der Waals surface area contributed by atoms with E-state index in [4.69, 9.17) is 33.2 Å². The molecule has 12 nitrogen and oxygen atoms in total. The summed E-state index contributed by atoms with van der Waals surface area (Å²) in [4.78, 5) is 46.6. The van der Waals surface area contributed by atoms with Crippen LogP contribution in [-0.2, 0) is 38.1 Å². The highest BCUT2D eigenvalue weighted by Gasteiger charge is 2.04. The predicted octanol–water partition coefficient (Wildman–Crippen LogP) is 5.21. The van der Waals surface area contributed by atoms with Crippen molar-refractivity contribution in [1.82, 2.24) is 0 Å². The van der Waals surface area contributed by atoms with Gasteiger partial charge in [-0.05, 0) is 71.8 Å². The summed E-state index contributed by atoms with van der Waals surface area (Å²) >= 11 is 0. The fourth-order valence-corrected chi connectivity index (χ4v) is 3.79. The van der Waals surface area contributed by atoms with Gasteiger partial charge in [0.05, 0.1) is 26.4 Å². The third-order valence-corrected chi connectivity index (χ3v) is 6.21. The van der Waals surface area contributed by atoms with E-state index in [-0.39, 0.29) is 32.3 Å². The molecule has 0 heterocycles. The number of rotatable bonds is 22. The Labute approximate surface area is 290 Å². The Morgan fingerprint density at radius 3 is 1.44 bits per heavy atom. The Hall–Kier alpha value is -5.98. The summed E-state index contributed by atoms with van der Waals surface area (Å²) in [5.41, 5.74) is 2.10. The molecule has 0 unspecified atom stereocenters. The van der Waals surface area contributed by atoms with E-state index in [0.717, 1.165) is 23.3 Å². The first-order valence-electron chi connectivity index (χ1n) is 15.5. The standard InChI is InChI=1S/C38H39NO11/c1-3-36(41)48-27-23-44-21-25-46-32-13-5-29(6-14-32)9-19-35(40)39-31-11-17-34(18-12-31)50-38(43)20-10-30-7-15-33(16-8-30)47-26-22-45-24-28-49-37(42)4-2/h3-20H,1-2,21-28H2,(H,39,40)/b19-9+,20-10+. The van der Waals surface area contributed by atoms with Crippen LogP contribution in [0.25, 0.3) is 12.2 Å². The molecule has 0 aliphatic carbocycles. The van der Waals surface area contributed by atoms with Crippen molar-refractivity contribution in [3.05, 3.63) is 121 Å². The largest absolute Gasteiger partial charge is 0.491 e. The van der Waals surface area contributed by atoms with Gasteiger partial charge in [0.2, 0.25) is 5.91 Å². The number of anilines is 1. The highest BCUT2D eigenvalue weighted by atomic mass is 16.6. The van der Waals surface area contributed by atoms with Crippen LogP contribution in [0.4, 0.5) is 5.69 Å². The van der Waals surface area contributed by atoms with Crippen LogP contribution < -0.4 is 19.5 Å². The van der Waals surface area contributed by atoms with Crippen LogP contribution in [0, 0.1) is 0 Å². The first-order chi connectivity index (χ1) is 24.3. The number of nitrogens with one attached hydrogen (secondary N) is 1. The Morgan fingerprint density at radius 2 is 0.960 bits per heavy atom. The van der Waals surface area contributed by atoms with E-state index in [9.17, 15) is 19.2 Å². The van der Waals surface area contributed by atoms with Gasteiger partial charge < -0.3 is 38.5 Å². The van der Waals surface area contributed by atoms with E-state index in [0.29, 0.717) is 49.4 Å². The molecule has 0 aliphatic heterocycles. The van der Waals surface area contributed by atoms with Crippen molar-refractivity contribution in [1.29, 1.82) is 0 Å². The molecule has 3 rings (SSSR count). The molecule has 0 aliphatic rings. The Morgan fingerprint density at radius 1 is 0.520 bits per heavy atom. The molecule has 0 saturated carbocycles. The molecule has 0 aromatic heterocycles. The van der Waals surface area contributed by atoms with Crippen LogP contribution in [0.1, 0.15) is 11.1 Å². The molecule has 12 heteroatoms. The van der Waals surface area contributed by atoms with Crippen LogP contribution in [0.2, 0.25) is 0 Å². The summed E-state index contributed by atoms with van der Waals surface area (Å²) in [6.45, 7) is 8.76. The lowest BCUT2D eigenvalue weighted by molar-refractivity contribution is -0.140. The summed E-state index contributed by atoms with van der Waals surface area (Å²) in [5, 5.41) is 2.76. The number of hydrogen-bond donors (Lipinski definition) is 1. The van der Waals surface area contributed by atoms with Crippen molar-refractivity contribution in [2.24, 2.45) is 0 Å². The maximum Gasteiger partial charge on any atom is 0.336 e. The third kappa shape index (κ3) is 16.2. The van der Waals surface area contributed by atoms with E-state index < -0.39 is 17.9 Å². The van der Waals surface area contributed by atoms with Gasteiger partial charge in [-0.25, -0.2) is 14.4 Å². The maximum absolute atomic E-state index is 12.4. The first kappa shape index (κ1) is 38.5. The van der Waals surface area contributed by atoms with Crippen LogP contribution in [0.5, 0.6) is 17.2 Å². The second-order valence-corrected chi connectivity index (χ2v) is 9.90. The maximum atomic E-state index is 12.4. The molecule has 0 fully saturated rings. The molecule has 50 heavy (non-hydrogen) atoms. The number of benzene rings is 3. The van der Waals surface area contributed by atoms with Crippen molar-refractivity contribution in [3.63, 3.8) is 0 Å². The Kier molecular flexibility index (Phi) is 17.4. The number of ether oxygens (including phenoxy) is 7. The molecular weight excluding hydrogens is 646 g/mol. The van der Waals surface area contributed by atoms with Gasteiger partial charge in [-0.2, -0.15) is 0 Å². The summed E-state index contributed by atoms with van der Waals surface area (Å²) in [7, 11) is 0. The summed E-state index contributed by atoms with van der Waals surface area (Å²) in [6.07, 6.45) is 8.19. The third-order valence-electron chi connectivity index (χ3n) is 6.21. The SMILES string of the molecule is C=CC(=O)OCCOCCOc1ccc(/C=C/C(=O)Nc2ccc(OC(=O)/C=C/c3ccc(OCCOCCOC(=O)C=C)cc3)cc2)cc1. The normalized spacial score (nSPS) is 10.7. The highest BCUT2D eigenvalue weighted by Crippen LogP contribution is 2.18. The Balaban J connectivity index is 1.31. The summed E-state index contributed by atoms with van der Waals surface area (Å²) in [5.74, 6) is -0.277. The van der Waals surface area contributed by atoms with Crippen molar-refractivity contribution in [2.75, 3.05) is 58.2 Å². The zero-order valence-corrected chi connectivity index (χ0v) is 27.5. The van der Waals surface area contributed by atoms with E-state index in [2.05, 4.69) is 18.5 Å². The molecule has 262 valence electrons. The monoisotopic (exact) mass is 685 g/mol. The minimum absolute atomic E-state index is 0.145.